The zero-order chi connectivity index (χ0) is 29.1. The molecule has 1 N–H and O–H groups in total. The molecule has 1 fully saturated rings. The molecular formula is C28H20F3N3O5S2. The van der Waals surface area contributed by atoms with Crippen LogP contribution in [0, 0.1) is 12.8 Å². The number of thiazole rings is 1. The molecule has 0 aliphatic carbocycles. The zero-order valence-corrected chi connectivity index (χ0v) is 22.8. The van der Waals surface area contributed by atoms with Gasteiger partial charge in [0, 0.05) is 5.69 Å². The molecule has 2 aliphatic heterocycles. The summed E-state index contributed by atoms with van der Waals surface area (Å²) < 4.78 is 48.4. The van der Waals surface area contributed by atoms with E-state index in [1.165, 1.54) is 23.0 Å². The van der Waals surface area contributed by atoms with Crippen molar-refractivity contribution in [2.75, 3.05) is 10.2 Å². The third-order valence-electron chi connectivity index (χ3n) is 6.99. The van der Waals surface area contributed by atoms with Gasteiger partial charge in [0.2, 0.25) is 17.7 Å². The number of amides is 3. The standard InChI is InChI=1S/C28H20F3N3O5S2/c1-14-8-10-15(11-9-14)32-19(35)13-33-26-23(41-27(33)38)20(18-7-4-12-39-18)21-22(40-26)25(37)34(24(21)36)17-6-3-2-5-16(17)28(29,30)31/h2-12,20-22H,13H2,1H3,(H,32,35). The molecule has 3 amide bonds. The van der Waals surface area contributed by atoms with Crippen molar-refractivity contribution in [1.29, 1.82) is 0 Å². The molecule has 4 aromatic rings. The normalized spacial score (nSPS) is 20.2. The van der Waals surface area contributed by atoms with Crippen LogP contribution in [0.5, 0.6) is 0 Å². The van der Waals surface area contributed by atoms with Gasteiger partial charge in [0.1, 0.15) is 17.6 Å². The molecule has 1 saturated heterocycles. The van der Waals surface area contributed by atoms with Gasteiger partial charge in [-0.05, 0) is 43.3 Å². The summed E-state index contributed by atoms with van der Waals surface area (Å²) >= 11 is 1.72. The average Bonchev–Trinajstić information content (AvgIpc) is 3.62. The van der Waals surface area contributed by atoms with Crippen LogP contribution >= 0.6 is 23.1 Å². The van der Waals surface area contributed by atoms with Gasteiger partial charge in [-0.1, -0.05) is 52.9 Å². The van der Waals surface area contributed by atoms with E-state index in [-0.39, 0.29) is 12.3 Å². The molecule has 41 heavy (non-hydrogen) atoms. The number of alkyl halides is 3. The Morgan fingerprint density at radius 1 is 1.00 bits per heavy atom. The van der Waals surface area contributed by atoms with Crippen LogP contribution < -0.4 is 15.1 Å². The quantitative estimate of drug-likeness (QED) is 0.314. The maximum atomic E-state index is 13.8. The van der Waals surface area contributed by atoms with Gasteiger partial charge >= 0.3 is 11.0 Å². The summed E-state index contributed by atoms with van der Waals surface area (Å²) in [6.07, 6.45) is -3.43. The smallest absolute Gasteiger partial charge is 0.418 e. The summed E-state index contributed by atoms with van der Waals surface area (Å²) in [6, 6.07) is 14.7. The van der Waals surface area contributed by atoms with Crippen LogP contribution in [0.25, 0.3) is 0 Å². The summed E-state index contributed by atoms with van der Waals surface area (Å²) in [4.78, 5) is 54.0. The molecule has 210 valence electrons. The highest BCUT2D eigenvalue weighted by Crippen LogP contribution is 2.54. The Hall–Kier alpha value is -4.10. The van der Waals surface area contributed by atoms with E-state index in [9.17, 15) is 32.3 Å². The lowest BCUT2D eigenvalue weighted by Crippen LogP contribution is -2.33. The monoisotopic (exact) mass is 599 g/mol. The number of nitrogens with one attached hydrogen (secondary N) is 1. The molecule has 0 bridgehead atoms. The van der Waals surface area contributed by atoms with Crippen molar-refractivity contribution in [3.63, 3.8) is 0 Å². The van der Waals surface area contributed by atoms with E-state index in [1.54, 1.807) is 24.3 Å². The fourth-order valence-electron chi connectivity index (χ4n) is 5.16. The molecule has 8 nitrogen and oxygen atoms in total. The van der Waals surface area contributed by atoms with Crippen molar-refractivity contribution in [3.8, 4) is 0 Å². The molecule has 6 rings (SSSR count). The summed E-state index contributed by atoms with van der Waals surface area (Å²) in [5.41, 5.74) is -0.126. The number of benzene rings is 2. The second-order valence-corrected chi connectivity index (χ2v) is 11.7. The van der Waals surface area contributed by atoms with Gasteiger partial charge in [-0.25, -0.2) is 4.90 Å². The molecule has 0 radical (unpaired) electrons. The number of anilines is 2. The number of imide groups is 1. The molecule has 0 saturated carbocycles. The fraction of sp³-hybridized carbons (Fsp3) is 0.214. The van der Waals surface area contributed by atoms with Crippen molar-refractivity contribution in [2.24, 2.45) is 5.92 Å². The van der Waals surface area contributed by atoms with Crippen LogP contribution in [-0.2, 0) is 27.1 Å². The van der Waals surface area contributed by atoms with Gasteiger partial charge < -0.3 is 9.73 Å². The number of carbonyl (C=O) groups excluding carboxylic acids is 3. The van der Waals surface area contributed by atoms with Crippen LogP contribution in [0.2, 0.25) is 0 Å². The first-order chi connectivity index (χ1) is 19.5. The van der Waals surface area contributed by atoms with Crippen LogP contribution in [0.1, 0.15) is 27.7 Å². The van der Waals surface area contributed by atoms with Crippen LogP contribution in [-0.4, -0.2) is 27.5 Å². The molecule has 0 spiro atoms. The number of furan rings is 1. The number of hydrogen-bond donors (Lipinski definition) is 1. The minimum atomic E-state index is -4.80. The van der Waals surface area contributed by atoms with E-state index in [4.69, 9.17) is 4.42 Å². The topological polar surface area (TPSA) is 102 Å². The number of fused-ring (bicyclic) bond motifs is 2. The number of hydrogen-bond acceptors (Lipinski definition) is 7. The fourth-order valence-corrected chi connectivity index (χ4v) is 7.91. The second-order valence-electron chi connectivity index (χ2n) is 9.62. The van der Waals surface area contributed by atoms with Crippen molar-refractivity contribution in [1.82, 2.24) is 4.57 Å². The van der Waals surface area contributed by atoms with Crippen molar-refractivity contribution in [3.05, 3.63) is 98.4 Å². The lowest BCUT2D eigenvalue weighted by molar-refractivity contribution is -0.137. The van der Waals surface area contributed by atoms with Gasteiger partial charge in [0.25, 0.3) is 0 Å². The van der Waals surface area contributed by atoms with Crippen LogP contribution in [0.3, 0.4) is 0 Å². The first-order valence-corrected chi connectivity index (χ1v) is 14.1. The SMILES string of the molecule is Cc1ccc(NC(=O)Cn2c3c(sc2=O)C(c2ccco2)C2C(=O)N(c4ccccc4C(F)(F)F)C(=O)C2S3)cc1. The second kappa shape index (κ2) is 10.1. The van der Waals surface area contributed by atoms with Gasteiger partial charge in [-0.3, -0.25) is 23.7 Å². The Kier molecular flexibility index (Phi) is 6.65. The number of para-hydroxylation sites is 1. The van der Waals surface area contributed by atoms with Gasteiger partial charge in [-0.2, -0.15) is 13.2 Å². The minimum Gasteiger partial charge on any atom is -0.469 e. The highest BCUT2D eigenvalue weighted by Gasteiger charge is 2.58. The third-order valence-corrected chi connectivity index (χ3v) is 9.59. The molecule has 4 heterocycles. The van der Waals surface area contributed by atoms with Gasteiger partial charge in [-0.15, -0.1) is 0 Å². The lowest BCUT2D eigenvalue weighted by atomic mass is 9.86. The van der Waals surface area contributed by atoms with E-state index in [2.05, 4.69) is 5.32 Å². The van der Waals surface area contributed by atoms with E-state index in [1.807, 2.05) is 19.1 Å². The first-order valence-electron chi connectivity index (χ1n) is 12.4. The van der Waals surface area contributed by atoms with Crippen molar-refractivity contribution in [2.45, 2.75) is 35.8 Å². The number of thioether (sulfide) groups is 1. The zero-order valence-electron chi connectivity index (χ0n) is 21.2. The predicted octanol–water partition coefficient (Wildman–Crippen LogP) is 5.26. The Balaban J connectivity index is 1.40. The summed E-state index contributed by atoms with van der Waals surface area (Å²) in [6.45, 7) is 1.54. The molecule has 2 aromatic carbocycles. The van der Waals surface area contributed by atoms with Crippen LogP contribution in [0.15, 0.2) is 81.2 Å². The minimum absolute atomic E-state index is 0.283. The summed E-state index contributed by atoms with van der Waals surface area (Å²) in [5, 5.41) is 1.89. The Morgan fingerprint density at radius 2 is 1.73 bits per heavy atom. The number of rotatable bonds is 5. The Labute approximate surface area is 238 Å². The van der Waals surface area contributed by atoms with E-state index < -0.39 is 57.1 Å². The number of aryl methyl sites for hydroxylation is 1. The van der Waals surface area contributed by atoms with Crippen molar-refractivity contribution >= 4 is 52.2 Å². The number of halogens is 3. The van der Waals surface area contributed by atoms with E-state index in [0.717, 1.165) is 40.8 Å². The molecule has 13 heteroatoms. The maximum absolute atomic E-state index is 13.8. The molecule has 3 unspecified atom stereocenters. The first kappa shape index (κ1) is 27.1. The molecule has 3 atom stereocenters. The highest BCUT2D eigenvalue weighted by molar-refractivity contribution is 8.00. The molecule has 2 aromatic heterocycles. The summed E-state index contributed by atoms with van der Waals surface area (Å²) in [5.74, 6) is -3.89. The summed E-state index contributed by atoms with van der Waals surface area (Å²) in [7, 11) is 0. The van der Waals surface area contributed by atoms with Gasteiger partial charge in [0.05, 0.1) is 39.3 Å². The molecule has 2 aliphatic rings. The lowest BCUT2D eigenvalue weighted by Gasteiger charge is -2.29. The number of carbonyl (C=O) groups is 3. The third kappa shape index (κ3) is 4.68. The Bertz CT molecular complexity index is 1730. The number of aromatic nitrogens is 1. The van der Waals surface area contributed by atoms with Crippen molar-refractivity contribution < 1.29 is 32.0 Å². The Morgan fingerprint density at radius 3 is 2.41 bits per heavy atom. The van der Waals surface area contributed by atoms with E-state index >= 15 is 0 Å². The highest BCUT2D eigenvalue weighted by atomic mass is 32.2. The number of nitrogens with zero attached hydrogens (tertiary/aromatic N) is 2. The van der Waals surface area contributed by atoms with Crippen LogP contribution in [0.4, 0.5) is 24.5 Å². The molecular weight excluding hydrogens is 579 g/mol. The maximum Gasteiger partial charge on any atom is 0.418 e. The predicted molar refractivity (Wildman–Crippen MR) is 146 cm³/mol. The van der Waals surface area contributed by atoms with Gasteiger partial charge in [0.15, 0.2) is 0 Å². The average molecular weight is 600 g/mol. The van der Waals surface area contributed by atoms with E-state index in [0.29, 0.717) is 20.5 Å². The largest absolute Gasteiger partial charge is 0.469 e.